The molecule has 1 aromatic carbocycles. The van der Waals surface area contributed by atoms with Gasteiger partial charge in [-0.15, -0.1) is 0 Å². The van der Waals surface area contributed by atoms with Crippen LogP contribution < -0.4 is 10.6 Å². The van der Waals surface area contributed by atoms with Gasteiger partial charge in [0, 0.05) is 18.7 Å². The van der Waals surface area contributed by atoms with Crippen LogP contribution >= 0.6 is 0 Å². The lowest BCUT2D eigenvalue weighted by atomic mass is 10.1. The fourth-order valence-electron chi connectivity index (χ4n) is 2.51. The van der Waals surface area contributed by atoms with Gasteiger partial charge >= 0.3 is 0 Å². The summed E-state index contributed by atoms with van der Waals surface area (Å²) in [5.41, 5.74) is 9.72. The normalized spacial score (nSPS) is 13.7. The second-order valence-electron chi connectivity index (χ2n) is 4.54. The topological polar surface area (TPSA) is 55.0 Å². The second kappa shape index (κ2) is 4.29. The van der Waals surface area contributed by atoms with E-state index in [0.717, 1.165) is 30.9 Å². The first-order chi connectivity index (χ1) is 8.79. The Bertz CT molecular complexity index is 555. The summed E-state index contributed by atoms with van der Waals surface area (Å²) in [4.78, 5) is 10.7. The Morgan fingerprint density at radius 2 is 1.83 bits per heavy atom. The molecule has 1 aliphatic heterocycles. The molecule has 0 amide bonds. The highest BCUT2D eigenvalue weighted by atomic mass is 15.2. The third-order valence-electron chi connectivity index (χ3n) is 3.45. The highest BCUT2D eigenvalue weighted by Gasteiger charge is 2.22. The zero-order valence-electron chi connectivity index (χ0n) is 10.4. The van der Waals surface area contributed by atoms with Crippen molar-refractivity contribution >= 4 is 11.6 Å². The molecule has 0 unspecified atom stereocenters. The number of aromatic nitrogens is 2. The van der Waals surface area contributed by atoms with Crippen LogP contribution in [-0.4, -0.2) is 9.97 Å². The van der Waals surface area contributed by atoms with Crippen LogP contribution in [0.4, 0.5) is 11.6 Å². The number of hydrogen-bond acceptors (Lipinski definition) is 4. The molecule has 0 bridgehead atoms. The van der Waals surface area contributed by atoms with Gasteiger partial charge < -0.3 is 10.6 Å². The van der Waals surface area contributed by atoms with Gasteiger partial charge in [0.25, 0.3) is 0 Å². The molecule has 0 spiro atoms. The van der Waals surface area contributed by atoms with E-state index in [1.807, 2.05) is 0 Å². The molecule has 0 radical (unpaired) electrons. The molecule has 1 aromatic heterocycles. The molecule has 2 aromatic rings. The number of rotatable bonds is 2. The lowest BCUT2D eigenvalue weighted by Crippen LogP contribution is -2.19. The second-order valence-corrected chi connectivity index (χ2v) is 4.54. The summed E-state index contributed by atoms with van der Waals surface area (Å²) >= 11 is 0. The van der Waals surface area contributed by atoms with Crippen molar-refractivity contribution in [2.75, 3.05) is 10.6 Å². The average molecular weight is 240 g/mol. The number of nitrogen functional groups attached to an aromatic ring is 1. The van der Waals surface area contributed by atoms with Gasteiger partial charge in [-0.3, -0.25) is 0 Å². The molecular formula is C14H16N4. The quantitative estimate of drug-likeness (QED) is 0.873. The number of nitrogens with zero attached hydrogens (tertiary/aromatic N) is 3. The Morgan fingerprint density at radius 3 is 2.44 bits per heavy atom. The molecule has 0 fully saturated rings. The summed E-state index contributed by atoms with van der Waals surface area (Å²) in [6.07, 6.45) is 2.40. The van der Waals surface area contributed by atoms with Crippen LogP contribution in [0.2, 0.25) is 0 Å². The maximum Gasteiger partial charge on any atom is 0.137 e. The van der Waals surface area contributed by atoms with Crippen LogP contribution in [-0.2, 0) is 19.5 Å². The summed E-state index contributed by atoms with van der Waals surface area (Å²) in [5, 5.41) is 0. The van der Waals surface area contributed by atoms with Crippen molar-refractivity contribution in [3.63, 3.8) is 0 Å². The summed E-state index contributed by atoms with van der Waals surface area (Å²) in [6, 6.07) is 8.51. The molecular weight excluding hydrogens is 224 g/mol. The van der Waals surface area contributed by atoms with Gasteiger partial charge in [-0.1, -0.05) is 31.2 Å². The molecule has 0 saturated heterocycles. The summed E-state index contributed by atoms with van der Waals surface area (Å²) < 4.78 is 0. The van der Waals surface area contributed by atoms with Crippen LogP contribution in [0.1, 0.15) is 23.6 Å². The molecule has 4 nitrogen and oxygen atoms in total. The smallest absolute Gasteiger partial charge is 0.137 e. The van der Waals surface area contributed by atoms with Crippen molar-refractivity contribution in [3.05, 3.63) is 47.3 Å². The van der Waals surface area contributed by atoms with Gasteiger partial charge in [0.2, 0.25) is 0 Å². The molecule has 0 saturated carbocycles. The fraction of sp³-hybridized carbons (Fsp3) is 0.286. The lowest BCUT2D eigenvalue weighted by molar-refractivity contribution is 0.836. The maximum absolute atomic E-state index is 5.93. The molecule has 2 N–H and O–H groups in total. The van der Waals surface area contributed by atoms with Crippen LogP contribution in [0.5, 0.6) is 0 Å². The minimum atomic E-state index is 0.596. The maximum atomic E-state index is 5.93. The SMILES string of the molecule is CCc1c(N)ncnc1N1Cc2ccccc2C1. The molecule has 3 rings (SSSR count). The van der Waals surface area contributed by atoms with E-state index in [0.29, 0.717) is 5.82 Å². The molecule has 92 valence electrons. The molecule has 0 aliphatic carbocycles. The Morgan fingerprint density at radius 1 is 1.17 bits per heavy atom. The molecule has 18 heavy (non-hydrogen) atoms. The average Bonchev–Trinajstić information content (AvgIpc) is 2.82. The van der Waals surface area contributed by atoms with Gasteiger partial charge in [-0.05, 0) is 17.5 Å². The van der Waals surface area contributed by atoms with Crippen LogP contribution in [0, 0.1) is 0 Å². The Hall–Kier alpha value is -2.10. The van der Waals surface area contributed by atoms with E-state index in [9.17, 15) is 0 Å². The lowest BCUT2D eigenvalue weighted by Gasteiger charge is -2.20. The molecule has 4 heteroatoms. The number of fused-ring (bicyclic) bond motifs is 1. The van der Waals surface area contributed by atoms with Crippen molar-refractivity contribution in [1.82, 2.24) is 9.97 Å². The van der Waals surface area contributed by atoms with E-state index in [2.05, 4.69) is 46.1 Å². The first kappa shape index (κ1) is 11.0. The zero-order valence-corrected chi connectivity index (χ0v) is 10.4. The Balaban J connectivity index is 1.97. The monoisotopic (exact) mass is 240 g/mol. The highest BCUT2D eigenvalue weighted by molar-refractivity contribution is 5.58. The van der Waals surface area contributed by atoms with Crippen molar-refractivity contribution in [3.8, 4) is 0 Å². The molecule has 2 heterocycles. The van der Waals surface area contributed by atoms with Crippen LogP contribution in [0.3, 0.4) is 0 Å². The van der Waals surface area contributed by atoms with Crippen molar-refractivity contribution in [2.24, 2.45) is 0 Å². The van der Waals surface area contributed by atoms with E-state index in [4.69, 9.17) is 5.73 Å². The van der Waals surface area contributed by atoms with Gasteiger partial charge in [0.15, 0.2) is 0 Å². The number of hydrogen-bond donors (Lipinski definition) is 1. The largest absolute Gasteiger partial charge is 0.383 e. The summed E-state index contributed by atoms with van der Waals surface area (Å²) in [7, 11) is 0. The van der Waals surface area contributed by atoms with E-state index in [1.165, 1.54) is 11.1 Å². The third kappa shape index (κ3) is 1.70. The van der Waals surface area contributed by atoms with E-state index < -0.39 is 0 Å². The first-order valence-electron chi connectivity index (χ1n) is 6.20. The number of nitrogens with two attached hydrogens (primary N) is 1. The fourth-order valence-corrected chi connectivity index (χ4v) is 2.51. The van der Waals surface area contributed by atoms with E-state index in [-0.39, 0.29) is 0 Å². The van der Waals surface area contributed by atoms with Gasteiger partial charge in [0.05, 0.1) is 0 Å². The van der Waals surface area contributed by atoms with E-state index >= 15 is 0 Å². The molecule has 0 atom stereocenters. The summed E-state index contributed by atoms with van der Waals surface area (Å²) in [5.74, 6) is 1.57. The van der Waals surface area contributed by atoms with Crippen molar-refractivity contribution in [2.45, 2.75) is 26.4 Å². The van der Waals surface area contributed by atoms with Gasteiger partial charge in [0.1, 0.15) is 18.0 Å². The van der Waals surface area contributed by atoms with Gasteiger partial charge in [-0.2, -0.15) is 0 Å². The minimum absolute atomic E-state index is 0.596. The van der Waals surface area contributed by atoms with Crippen molar-refractivity contribution in [1.29, 1.82) is 0 Å². The summed E-state index contributed by atoms with van der Waals surface area (Å²) in [6.45, 7) is 3.89. The molecule has 1 aliphatic rings. The number of anilines is 2. The zero-order chi connectivity index (χ0) is 12.5. The van der Waals surface area contributed by atoms with Crippen LogP contribution in [0.25, 0.3) is 0 Å². The predicted molar refractivity (Wildman–Crippen MR) is 72.2 cm³/mol. The standard InChI is InChI=1S/C14H16N4/c1-2-12-13(15)16-9-17-14(12)18-7-10-5-3-4-6-11(10)8-18/h3-6,9H,2,7-8H2,1H3,(H2,15,16,17). The Labute approximate surface area is 106 Å². The predicted octanol–water partition coefficient (Wildman–Crippen LogP) is 2.14. The van der Waals surface area contributed by atoms with E-state index in [1.54, 1.807) is 6.33 Å². The van der Waals surface area contributed by atoms with Crippen LogP contribution in [0.15, 0.2) is 30.6 Å². The third-order valence-corrected chi connectivity index (χ3v) is 3.45. The highest BCUT2D eigenvalue weighted by Crippen LogP contribution is 2.30. The van der Waals surface area contributed by atoms with Crippen molar-refractivity contribution < 1.29 is 0 Å². The first-order valence-corrected chi connectivity index (χ1v) is 6.20. The number of benzene rings is 1. The van der Waals surface area contributed by atoms with Gasteiger partial charge in [-0.25, -0.2) is 9.97 Å². The Kier molecular flexibility index (Phi) is 2.63. The minimum Gasteiger partial charge on any atom is -0.383 e.